The molecular weight excluding hydrogens is 883 g/mol. The number of carbonyl (C=O) groups excluding carboxylic acids is 6. The van der Waals surface area contributed by atoms with E-state index in [9.17, 15) is 33.9 Å². The first-order valence-corrected chi connectivity index (χ1v) is 22.6. The van der Waals surface area contributed by atoms with Gasteiger partial charge in [-0.25, -0.2) is 0 Å². The molecule has 0 aliphatic rings. The molecule has 1 aromatic rings. The second kappa shape index (κ2) is 32.7. The molecule has 1 aromatic carbocycles. The van der Waals surface area contributed by atoms with E-state index in [0.29, 0.717) is 6.42 Å². The van der Waals surface area contributed by atoms with Crippen molar-refractivity contribution in [2.45, 2.75) is 127 Å². The molecule has 26 heteroatoms. The molecule has 0 fully saturated rings. The Hall–Kier alpha value is -6.96. The van der Waals surface area contributed by atoms with E-state index >= 15 is 0 Å². The van der Waals surface area contributed by atoms with Gasteiger partial charge in [0.05, 0.1) is 12.1 Å². The van der Waals surface area contributed by atoms with Gasteiger partial charge >= 0.3 is 0 Å². The van der Waals surface area contributed by atoms with Crippen LogP contribution in [0, 0.1) is 5.92 Å². The monoisotopic (exact) mass is 960 g/mol. The molecule has 0 saturated carbocycles. The predicted molar refractivity (Wildman–Crippen MR) is 262 cm³/mol. The number of hydrogen-bond donors (Lipinski definition) is 16. The first-order valence-electron chi connectivity index (χ1n) is 22.6. The number of nitrogens with one attached hydrogen (secondary N) is 6. The highest BCUT2D eigenvalue weighted by atomic mass is 16.3. The van der Waals surface area contributed by atoms with Crippen molar-refractivity contribution < 1.29 is 33.9 Å². The third kappa shape index (κ3) is 26.9. The molecule has 0 unspecified atom stereocenters. The van der Waals surface area contributed by atoms with Crippen LogP contribution >= 0.6 is 0 Å². The summed E-state index contributed by atoms with van der Waals surface area (Å²) in [5, 5.41) is 26.0. The zero-order valence-corrected chi connectivity index (χ0v) is 39.5. The van der Waals surface area contributed by atoms with Gasteiger partial charge in [-0.1, -0.05) is 44.2 Å². The smallest absolute Gasteiger partial charge is 0.243 e. The number of aliphatic hydroxyl groups excluding tert-OH is 1. The summed E-state index contributed by atoms with van der Waals surface area (Å²) in [6.45, 7) is 5.54. The zero-order chi connectivity index (χ0) is 51.2. The van der Waals surface area contributed by atoms with Crippen LogP contribution in [0.2, 0.25) is 0 Å². The summed E-state index contributed by atoms with van der Waals surface area (Å²) in [6, 6.07) is 1.68. The minimum absolute atomic E-state index is 0.0169. The molecule has 68 heavy (non-hydrogen) atoms. The van der Waals surface area contributed by atoms with Crippen molar-refractivity contribution in [2.24, 2.45) is 77.5 Å². The lowest BCUT2D eigenvalue weighted by molar-refractivity contribution is -0.135. The van der Waals surface area contributed by atoms with Gasteiger partial charge in [0.25, 0.3) is 0 Å². The summed E-state index contributed by atoms with van der Waals surface area (Å²) in [6.07, 6.45) is 0.297. The highest BCUT2D eigenvalue weighted by Gasteiger charge is 2.33. The van der Waals surface area contributed by atoms with Gasteiger partial charge in [-0.15, -0.1) is 0 Å². The van der Waals surface area contributed by atoms with E-state index in [-0.39, 0.29) is 120 Å². The van der Waals surface area contributed by atoms with Crippen molar-refractivity contribution in [3.63, 3.8) is 0 Å². The zero-order valence-electron chi connectivity index (χ0n) is 39.5. The van der Waals surface area contributed by atoms with Crippen molar-refractivity contribution in [3.8, 4) is 0 Å². The van der Waals surface area contributed by atoms with Crippen LogP contribution in [0.15, 0.2) is 50.3 Å². The van der Waals surface area contributed by atoms with Crippen LogP contribution in [0.3, 0.4) is 0 Å². The van der Waals surface area contributed by atoms with E-state index in [1.807, 2.05) is 13.8 Å². The van der Waals surface area contributed by atoms with Crippen molar-refractivity contribution in [2.75, 3.05) is 32.7 Å². The molecule has 26 nitrogen and oxygen atoms in total. The molecule has 1 rings (SSSR count). The van der Waals surface area contributed by atoms with Gasteiger partial charge in [0.15, 0.2) is 23.8 Å². The quantitative estimate of drug-likeness (QED) is 0.0178. The first kappa shape index (κ1) is 59.1. The van der Waals surface area contributed by atoms with Gasteiger partial charge in [-0.2, -0.15) is 0 Å². The molecule has 382 valence electrons. The van der Waals surface area contributed by atoms with Gasteiger partial charge in [0.1, 0.15) is 30.2 Å². The third-order valence-electron chi connectivity index (χ3n) is 9.86. The summed E-state index contributed by atoms with van der Waals surface area (Å²) < 4.78 is 0. The maximum atomic E-state index is 14.3. The van der Waals surface area contributed by atoms with Crippen molar-refractivity contribution >= 4 is 59.3 Å². The topological polar surface area (TPSA) is 478 Å². The van der Waals surface area contributed by atoms with E-state index in [0.717, 1.165) is 5.56 Å². The standard InChI is InChI=1S/C42H77N19O7/c1-24(2)21-27(43)33(63)57-28(13-7-17-52-39(44)45)35(65)58-29(14-8-18-53-40(46)47)36(66)59-30(15-9-19-54-41(48)49)37(67)60-31(16-10-20-55-42(50)51)38(68)61-32(34(64)56-23-25(3)62)22-26-11-5-4-6-12-26/h4-6,11-12,24-25,27-32,62H,7-10,13-23,43H2,1-3H3,(H,56,64)(H,57,63)(H,58,65)(H,59,66)(H,60,67)(H,61,68)(H4,44,45,52)(H4,46,47,53)(H4,48,49,54)(H4,50,51,55)/t25-,27-,28-,29-,30-,31-,32-/m0/s1. The largest absolute Gasteiger partial charge is 0.392 e. The fourth-order valence-electron chi connectivity index (χ4n) is 6.50. The van der Waals surface area contributed by atoms with E-state index in [1.165, 1.54) is 6.92 Å². The second-order valence-corrected chi connectivity index (χ2v) is 16.6. The number of aliphatic hydroxyl groups is 1. The van der Waals surface area contributed by atoms with Crippen LogP contribution in [0.4, 0.5) is 0 Å². The van der Waals surface area contributed by atoms with E-state index in [4.69, 9.17) is 51.6 Å². The summed E-state index contributed by atoms with van der Waals surface area (Å²) >= 11 is 0. The van der Waals surface area contributed by atoms with Crippen LogP contribution in [0.25, 0.3) is 0 Å². The van der Waals surface area contributed by atoms with Crippen LogP contribution in [0.1, 0.15) is 84.1 Å². The number of hydrogen-bond acceptors (Lipinski definition) is 12. The van der Waals surface area contributed by atoms with Gasteiger partial charge in [0, 0.05) is 39.1 Å². The second-order valence-electron chi connectivity index (χ2n) is 16.6. The minimum atomic E-state index is -1.35. The molecule has 0 heterocycles. The molecule has 0 radical (unpaired) electrons. The molecule has 0 saturated heterocycles. The lowest BCUT2D eigenvalue weighted by Crippen LogP contribution is -2.59. The lowest BCUT2D eigenvalue weighted by atomic mass is 10.0. The Morgan fingerprint density at radius 3 is 1.13 bits per heavy atom. The average molecular weight is 960 g/mol. The Kier molecular flexibility index (Phi) is 28.4. The number of aliphatic imine (C=N–C) groups is 4. The minimum Gasteiger partial charge on any atom is -0.392 e. The summed E-state index contributed by atoms with van der Waals surface area (Å²) in [5.74, 6) is -4.95. The summed E-state index contributed by atoms with van der Waals surface area (Å²) in [5.41, 5.74) is 50.9. The molecule has 0 aliphatic carbocycles. The van der Waals surface area contributed by atoms with Gasteiger partial charge in [-0.3, -0.25) is 48.7 Å². The number of benzene rings is 1. The fourth-order valence-corrected chi connectivity index (χ4v) is 6.50. The number of nitrogens with zero attached hydrogens (tertiary/aromatic N) is 4. The number of rotatable bonds is 33. The van der Waals surface area contributed by atoms with Crippen molar-refractivity contribution in [1.29, 1.82) is 0 Å². The molecule has 0 aliphatic heterocycles. The molecule has 25 N–H and O–H groups in total. The lowest BCUT2D eigenvalue weighted by Gasteiger charge is -2.27. The van der Waals surface area contributed by atoms with E-state index in [2.05, 4.69) is 51.9 Å². The Morgan fingerprint density at radius 1 is 0.500 bits per heavy atom. The summed E-state index contributed by atoms with van der Waals surface area (Å²) in [7, 11) is 0. The SMILES string of the molecule is CC(C)C[C@H](N)C(=O)N[C@@H](CCCN=C(N)N)C(=O)N[C@@H](CCCN=C(N)N)C(=O)N[C@@H](CCCN=C(N)N)C(=O)N[C@@H](CCCN=C(N)N)C(=O)N[C@@H](Cc1ccccc1)C(=O)NC[C@H](C)O. The highest BCUT2D eigenvalue weighted by molar-refractivity contribution is 5.96. The molecule has 0 bridgehead atoms. The molecular formula is C42H77N19O7. The highest BCUT2D eigenvalue weighted by Crippen LogP contribution is 2.10. The Bertz CT molecular complexity index is 1850. The van der Waals surface area contributed by atoms with E-state index in [1.54, 1.807) is 30.3 Å². The number of guanidine groups is 4. The van der Waals surface area contributed by atoms with Crippen LogP contribution in [0.5, 0.6) is 0 Å². The number of nitrogens with two attached hydrogens (primary N) is 9. The maximum absolute atomic E-state index is 14.3. The van der Waals surface area contributed by atoms with Crippen LogP contribution in [-0.4, -0.2) is 139 Å². The Labute approximate surface area is 397 Å². The predicted octanol–water partition coefficient (Wildman–Crippen LogP) is -5.26. The van der Waals surface area contributed by atoms with Crippen molar-refractivity contribution in [1.82, 2.24) is 31.9 Å². The molecule has 6 amide bonds. The van der Waals surface area contributed by atoms with E-state index < -0.39 is 77.8 Å². The summed E-state index contributed by atoms with van der Waals surface area (Å²) in [4.78, 5) is 99.1. The number of amides is 6. The maximum Gasteiger partial charge on any atom is 0.243 e. The molecule has 0 spiro atoms. The fraction of sp³-hybridized carbons (Fsp3) is 0.619. The molecule has 0 aromatic heterocycles. The van der Waals surface area contributed by atoms with Crippen LogP contribution in [-0.2, 0) is 35.2 Å². The third-order valence-corrected chi connectivity index (χ3v) is 9.86. The Balaban J connectivity index is 3.62. The molecule has 7 atom stereocenters. The number of carbonyl (C=O) groups is 6. The van der Waals surface area contributed by atoms with Crippen LogP contribution < -0.4 is 83.5 Å². The Morgan fingerprint density at radius 2 is 0.824 bits per heavy atom. The average Bonchev–Trinajstić information content (AvgIpc) is 3.26. The van der Waals surface area contributed by atoms with Gasteiger partial charge in [-0.05, 0) is 76.2 Å². The first-order chi connectivity index (χ1) is 32.1. The normalized spacial score (nSPS) is 13.9. The van der Waals surface area contributed by atoms with Gasteiger partial charge < -0.3 is 88.6 Å². The van der Waals surface area contributed by atoms with Gasteiger partial charge in [0.2, 0.25) is 35.4 Å². The van der Waals surface area contributed by atoms with Crippen molar-refractivity contribution in [3.05, 3.63) is 35.9 Å².